The van der Waals surface area contributed by atoms with E-state index in [-0.39, 0.29) is 36.6 Å². The molecule has 2 N–H and O–H groups in total. The van der Waals surface area contributed by atoms with Crippen molar-refractivity contribution in [3.8, 4) is 0 Å². The van der Waals surface area contributed by atoms with E-state index in [1.165, 1.54) is 32.1 Å². The van der Waals surface area contributed by atoms with Gasteiger partial charge in [-0.1, -0.05) is 32.1 Å². The van der Waals surface area contributed by atoms with Crippen molar-refractivity contribution in [2.75, 3.05) is 13.1 Å². The van der Waals surface area contributed by atoms with E-state index in [4.69, 9.17) is 0 Å². The number of rotatable bonds is 6. The second kappa shape index (κ2) is 10.5. The third-order valence-corrected chi connectivity index (χ3v) is 5.88. The fraction of sp³-hybridized carbons (Fsp3) is 0.714. The SMILES string of the molecule is O=C(CCC(=O)N1C[C@@H](Cc2cnccn2)[C@H](O)C1)NC1CCCCCCC1. The van der Waals surface area contributed by atoms with Crippen LogP contribution >= 0.6 is 0 Å². The van der Waals surface area contributed by atoms with Gasteiger partial charge in [-0.25, -0.2) is 0 Å². The Balaban J connectivity index is 1.40. The van der Waals surface area contributed by atoms with Crippen LogP contribution < -0.4 is 5.32 Å². The van der Waals surface area contributed by atoms with Crippen molar-refractivity contribution >= 4 is 11.8 Å². The number of aliphatic hydroxyl groups excluding tert-OH is 1. The molecule has 2 fully saturated rings. The molecule has 1 saturated heterocycles. The highest BCUT2D eigenvalue weighted by Gasteiger charge is 2.34. The average molecular weight is 389 g/mol. The standard InChI is InChI=1S/C21H32N4O3/c26-19-15-25(14-16(19)12-18-13-22-10-11-23-18)21(28)9-8-20(27)24-17-6-4-2-1-3-5-7-17/h10-11,13,16-17,19,26H,1-9,12,14-15H2,(H,24,27)/t16-,19-/m1/s1. The van der Waals surface area contributed by atoms with Crippen LogP contribution in [0, 0.1) is 5.92 Å². The lowest BCUT2D eigenvalue weighted by molar-refractivity contribution is -0.133. The first kappa shape index (κ1) is 20.7. The predicted molar refractivity (Wildman–Crippen MR) is 105 cm³/mol. The number of carbonyl (C=O) groups is 2. The molecule has 0 radical (unpaired) electrons. The maximum atomic E-state index is 12.5. The molecule has 1 aromatic rings. The number of likely N-dealkylation sites (tertiary alicyclic amines) is 1. The zero-order chi connectivity index (χ0) is 19.8. The zero-order valence-corrected chi connectivity index (χ0v) is 16.6. The summed E-state index contributed by atoms with van der Waals surface area (Å²) in [6.45, 7) is 0.828. The minimum Gasteiger partial charge on any atom is -0.391 e. The molecule has 1 saturated carbocycles. The summed E-state index contributed by atoms with van der Waals surface area (Å²) in [6, 6.07) is 0.257. The Kier molecular flexibility index (Phi) is 7.77. The second-order valence-corrected chi connectivity index (χ2v) is 8.14. The van der Waals surface area contributed by atoms with Gasteiger partial charge < -0.3 is 15.3 Å². The molecule has 0 spiro atoms. The van der Waals surface area contributed by atoms with Gasteiger partial charge in [-0.3, -0.25) is 19.6 Å². The number of β-amino-alcohol motifs (C(OH)–C–C–N with tert-alkyl or cyclic N) is 1. The van der Waals surface area contributed by atoms with Gasteiger partial charge in [-0.15, -0.1) is 0 Å². The molecular weight excluding hydrogens is 356 g/mol. The van der Waals surface area contributed by atoms with Crippen LogP contribution in [-0.4, -0.2) is 57.0 Å². The van der Waals surface area contributed by atoms with Crippen molar-refractivity contribution in [3.63, 3.8) is 0 Å². The minimum atomic E-state index is -0.560. The normalized spacial score (nSPS) is 23.8. The third-order valence-electron chi connectivity index (χ3n) is 5.88. The van der Waals surface area contributed by atoms with Crippen LogP contribution in [0.5, 0.6) is 0 Å². The zero-order valence-electron chi connectivity index (χ0n) is 16.6. The Labute approximate surface area is 166 Å². The monoisotopic (exact) mass is 388 g/mol. The molecule has 1 aliphatic carbocycles. The van der Waals surface area contributed by atoms with Crippen LogP contribution in [0.15, 0.2) is 18.6 Å². The number of aliphatic hydroxyl groups is 1. The predicted octanol–water partition coefficient (Wildman–Crippen LogP) is 1.85. The van der Waals surface area contributed by atoms with Crippen molar-refractivity contribution in [1.29, 1.82) is 0 Å². The van der Waals surface area contributed by atoms with E-state index in [9.17, 15) is 14.7 Å². The van der Waals surface area contributed by atoms with Gasteiger partial charge in [0.25, 0.3) is 0 Å². The van der Waals surface area contributed by atoms with Crippen LogP contribution in [0.3, 0.4) is 0 Å². The van der Waals surface area contributed by atoms with Gasteiger partial charge in [0, 0.05) is 56.5 Å². The summed E-state index contributed by atoms with van der Waals surface area (Å²) in [5.74, 6) is -0.132. The minimum absolute atomic E-state index is 0.0326. The highest BCUT2D eigenvalue weighted by atomic mass is 16.3. The van der Waals surface area contributed by atoms with Gasteiger partial charge in [0.05, 0.1) is 11.8 Å². The van der Waals surface area contributed by atoms with Crippen molar-refractivity contribution in [1.82, 2.24) is 20.2 Å². The van der Waals surface area contributed by atoms with E-state index in [2.05, 4.69) is 15.3 Å². The molecule has 0 aromatic carbocycles. The van der Waals surface area contributed by atoms with Gasteiger partial charge in [0.2, 0.25) is 11.8 Å². The first-order chi connectivity index (χ1) is 13.6. The van der Waals surface area contributed by atoms with Gasteiger partial charge in [-0.2, -0.15) is 0 Å². The Morgan fingerprint density at radius 3 is 2.54 bits per heavy atom. The maximum absolute atomic E-state index is 12.5. The van der Waals surface area contributed by atoms with Gasteiger partial charge >= 0.3 is 0 Å². The molecule has 7 nitrogen and oxygen atoms in total. The summed E-state index contributed by atoms with van der Waals surface area (Å²) in [5, 5.41) is 13.4. The fourth-order valence-electron chi connectivity index (χ4n) is 4.24. The molecule has 2 heterocycles. The number of aromatic nitrogens is 2. The molecule has 0 bridgehead atoms. The summed E-state index contributed by atoms with van der Waals surface area (Å²) >= 11 is 0. The van der Waals surface area contributed by atoms with E-state index in [0.29, 0.717) is 19.5 Å². The Bertz CT molecular complexity index is 632. The molecule has 154 valence electrons. The molecule has 28 heavy (non-hydrogen) atoms. The number of hydrogen-bond donors (Lipinski definition) is 2. The van der Waals surface area contributed by atoms with Crippen molar-refractivity contribution in [3.05, 3.63) is 24.3 Å². The van der Waals surface area contributed by atoms with Crippen molar-refractivity contribution in [2.24, 2.45) is 5.92 Å². The Morgan fingerprint density at radius 1 is 1.07 bits per heavy atom. The molecule has 2 amide bonds. The lowest BCUT2D eigenvalue weighted by Crippen LogP contribution is -2.36. The maximum Gasteiger partial charge on any atom is 0.223 e. The highest BCUT2D eigenvalue weighted by molar-refractivity contribution is 5.84. The van der Waals surface area contributed by atoms with Gasteiger partial charge in [0.15, 0.2) is 0 Å². The molecule has 2 aliphatic rings. The molecule has 2 atom stereocenters. The van der Waals surface area contributed by atoms with Crippen LogP contribution in [0.2, 0.25) is 0 Å². The lowest BCUT2D eigenvalue weighted by atomic mass is 9.96. The fourth-order valence-corrected chi connectivity index (χ4v) is 4.24. The van der Waals surface area contributed by atoms with E-state index in [1.807, 2.05) is 0 Å². The van der Waals surface area contributed by atoms with Gasteiger partial charge in [-0.05, 0) is 19.3 Å². The number of nitrogens with one attached hydrogen (secondary N) is 1. The van der Waals surface area contributed by atoms with Crippen LogP contribution in [0.25, 0.3) is 0 Å². The first-order valence-electron chi connectivity index (χ1n) is 10.6. The Hall–Kier alpha value is -2.02. The number of hydrogen-bond acceptors (Lipinski definition) is 5. The topological polar surface area (TPSA) is 95.4 Å². The van der Waals surface area contributed by atoms with Crippen LogP contribution in [-0.2, 0) is 16.0 Å². The molecule has 3 rings (SSSR count). The first-order valence-corrected chi connectivity index (χ1v) is 10.6. The van der Waals surface area contributed by atoms with Crippen LogP contribution in [0.4, 0.5) is 0 Å². The molecule has 1 aliphatic heterocycles. The largest absolute Gasteiger partial charge is 0.391 e. The average Bonchev–Trinajstić information content (AvgIpc) is 3.03. The van der Waals surface area contributed by atoms with Crippen molar-refractivity contribution < 1.29 is 14.7 Å². The summed E-state index contributed by atoms with van der Waals surface area (Å²) < 4.78 is 0. The second-order valence-electron chi connectivity index (χ2n) is 8.14. The third kappa shape index (κ3) is 6.26. The number of amides is 2. The molecular formula is C21H32N4O3. The number of nitrogens with zero attached hydrogens (tertiary/aromatic N) is 3. The Morgan fingerprint density at radius 2 is 1.82 bits per heavy atom. The van der Waals surface area contributed by atoms with E-state index in [1.54, 1.807) is 23.5 Å². The van der Waals surface area contributed by atoms with Crippen LogP contribution in [0.1, 0.15) is 63.5 Å². The molecule has 1 aromatic heterocycles. The summed E-state index contributed by atoms with van der Waals surface area (Å²) in [6.07, 6.45) is 13.6. The lowest BCUT2D eigenvalue weighted by Gasteiger charge is -2.21. The van der Waals surface area contributed by atoms with E-state index in [0.717, 1.165) is 18.5 Å². The van der Waals surface area contributed by atoms with Crippen molar-refractivity contribution in [2.45, 2.75) is 76.4 Å². The molecule has 0 unspecified atom stereocenters. The highest BCUT2D eigenvalue weighted by Crippen LogP contribution is 2.22. The number of carbonyl (C=O) groups excluding carboxylic acids is 2. The molecule has 7 heteroatoms. The smallest absolute Gasteiger partial charge is 0.223 e. The summed E-state index contributed by atoms with van der Waals surface area (Å²) in [7, 11) is 0. The van der Waals surface area contributed by atoms with E-state index >= 15 is 0 Å². The summed E-state index contributed by atoms with van der Waals surface area (Å²) in [4.78, 5) is 34.7. The quantitative estimate of drug-likeness (QED) is 0.775. The van der Waals surface area contributed by atoms with E-state index < -0.39 is 6.10 Å². The summed E-state index contributed by atoms with van der Waals surface area (Å²) in [5.41, 5.74) is 0.819. The van der Waals surface area contributed by atoms with Gasteiger partial charge in [0.1, 0.15) is 0 Å².